The van der Waals surface area contributed by atoms with Gasteiger partial charge in [-0.05, 0) is 56.7 Å². The van der Waals surface area contributed by atoms with Gasteiger partial charge < -0.3 is 15.0 Å². The molecule has 0 saturated carbocycles. The molecule has 26 heavy (non-hydrogen) atoms. The highest BCUT2D eigenvalue weighted by molar-refractivity contribution is 6.17. The summed E-state index contributed by atoms with van der Waals surface area (Å²) in [4.78, 5) is 26.1. The van der Waals surface area contributed by atoms with E-state index in [1.165, 1.54) is 0 Å². The van der Waals surface area contributed by atoms with Crippen LogP contribution in [0.4, 0.5) is 0 Å². The van der Waals surface area contributed by atoms with Crippen LogP contribution in [0.2, 0.25) is 0 Å². The molecule has 1 fully saturated rings. The van der Waals surface area contributed by atoms with E-state index >= 15 is 0 Å². The molecular weight excluding hydrogens is 352 g/mol. The maximum absolute atomic E-state index is 12.2. The van der Waals surface area contributed by atoms with Gasteiger partial charge in [0.2, 0.25) is 5.91 Å². The number of likely N-dealkylation sites (tertiary alicyclic amines) is 1. The molecule has 1 aliphatic heterocycles. The highest BCUT2D eigenvalue weighted by atomic mass is 35.5. The van der Waals surface area contributed by atoms with Gasteiger partial charge in [-0.1, -0.05) is 12.1 Å². The van der Waals surface area contributed by atoms with E-state index in [0.717, 1.165) is 35.3 Å². The lowest BCUT2D eigenvalue weighted by Gasteiger charge is -2.32. The summed E-state index contributed by atoms with van der Waals surface area (Å²) in [5.74, 6) is 1.35. The number of ether oxygens (including phenoxy) is 1. The van der Waals surface area contributed by atoms with Crippen LogP contribution in [0.1, 0.15) is 42.4 Å². The Bertz CT molecular complexity index is 640. The summed E-state index contributed by atoms with van der Waals surface area (Å²) in [6.07, 6.45) is 2.78. The van der Waals surface area contributed by atoms with Crippen molar-refractivity contribution in [3.05, 3.63) is 28.8 Å². The molecule has 1 saturated heterocycles. The fourth-order valence-electron chi connectivity index (χ4n) is 3.20. The minimum absolute atomic E-state index is 0.0139. The third kappa shape index (κ3) is 5.63. The van der Waals surface area contributed by atoms with Crippen LogP contribution in [0.15, 0.2) is 12.1 Å². The van der Waals surface area contributed by atoms with Crippen LogP contribution < -0.4 is 10.1 Å². The Labute approximate surface area is 161 Å². The Morgan fingerprint density at radius 1 is 1.19 bits per heavy atom. The average Bonchev–Trinajstić information content (AvgIpc) is 2.63. The van der Waals surface area contributed by atoms with Gasteiger partial charge in [-0.15, -0.1) is 11.6 Å². The molecule has 0 radical (unpaired) electrons. The maximum atomic E-state index is 12.2. The van der Waals surface area contributed by atoms with Crippen molar-refractivity contribution in [1.29, 1.82) is 0 Å². The second-order valence-electron chi connectivity index (χ2n) is 6.96. The Kier molecular flexibility index (Phi) is 7.76. The lowest BCUT2D eigenvalue weighted by molar-refractivity contribution is -0.132. The van der Waals surface area contributed by atoms with Crippen molar-refractivity contribution in [3.63, 3.8) is 0 Å². The molecule has 0 aromatic heterocycles. The Balaban J connectivity index is 1.76. The number of halogens is 1. The van der Waals surface area contributed by atoms with Crippen LogP contribution >= 0.6 is 11.6 Å². The van der Waals surface area contributed by atoms with Crippen molar-refractivity contribution in [2.75, 3.05) is 25.6 Å². The van der Waals surface area contributed by atoms with Gasteiger partial charge in [-0.2, -0.15) is 0 Å². The average molecular weight is 381 g/mol. The Morgan fingerprint density at radius 3 is 2.50 bits per heavy atom. The van der Waals surface area contributed by atoms with Crippen molar-refractivity contribution >= 4 is 23.4 Å². The highest BCUT2D eigenvalue weighted by Gasteiger charge is 2.23. The molecule has 0 bridgehead atoms. The van der Waals surface area contributed by atoms with E-state index in [0.29, 0.717) is 31.8 Å². The van der Waals surface area contributed by atoms with Crippen molar-refractivity contribution in [3.8, 4) is 5.75 Å². The Morgan fingerprint density at radius 2 is 1.85 bits per heavy atom. The number of alkyl halides is 1. The number of rotatable bonds is 7. The van der Waals surface area contributed by atoms with Crippen molar-refractivity contribution in [2.45, 2.75) is 52.5 Å². The summed E-state index contributed by atoms with van der Waals surface area (Å²) in [5, 5.41) is 3.02. The van der Waals surface area contributed by atoms with Crippen molar-refractivity contribution in [2.24, 2.45) is 0 Å². The molecule has 0 atom stereocenters. The quantitative estimate of drug-likeness (QED) is 0.739. The molecule has 1 heterocycles. The second-order valence-corrected chi connectivity index (χ2v) is 7.34. The summed E-state index contributed by atoms with van der Waals surface area (Å²) in [6.45, 7) is 7.40. The predicted molar refractivity (Wildman–Crippen MR) is 104 cm³/mol. The van der Waals surface area contributed by atoms with E-state index in [1.54, 1.807) is 0 Å². The van der Waals surface area contributed by atoms with Gasteiger partial charge in [0, 0.05) is 31.4 Å². The first-order chi connectivity index (χ1) is 12.4. The van der Waals surface area contributed by atoms with E-state index in [9.17, 15) is 9.59 Å². The Hall–Kier alpha value is -1.75. The third-order valence-electron chi connectivity index (χ3n) is 4.96. The summed E-state index contributed by atoms with van der Waals surface area (Å²) < 4.78 is 5.77. The molecule has 1 aliphatic rings. The lowest BCUT2D eigenvalue weighted by atomic mass is 10.0. The zero-order chi connectivity index (χ0) is 19.1. The van der Waals surface area contributed by atoms with E-state index in [2.05, 4.69) is 11.4 Å². The lowest BCUT2D eigenvalue weighted by Crippen LogP contribution is -2.47. The molecule has 144 valence electrons. The van der Waals surface area contributed by atoms with Crippen molar-refractivity contribution in [1.82, 2.24) is 10.2 Å². The topological polar surface area (TPSA) is 58.6 Å². The van der Waals surface area contributed by atoms with Crippen LogP contribution in [0, 0.1) is 20.8 Å². The number of benzene rings is 1. The fourth-order valence-corrected chi connectivity index (χ4v) is 3.34. The normalized spacial score (nSPS) is 15.0. The zero-order valence-electron chi connectivity index (χ0n) is 15.9. The standard InChI is InChI=1S/C20H29ClN2O3/c1-14-6-7-15(2)20(16(14)3)26-13-18(24)22-17-8-11-23(12-9-17)19(25)5-4-10-21/h6-7,17H,4-5,8-13H2,1-3H3,(H,22,24). The first-order valence-electron chi connectivity index (χ1n) is 9.25. The van der Waals surface area contributed by atoms with E-state index < -0.39 is 0 Å². The monoisotopic (exact) mass is 380 g/mol. The number of hydrogen-bond acceptors (Lipinski definition) is 3. The minimum Gasteiger partial charge on any atom is -0.483 e. The van der Waals surface area contributed by atoms with Crippen LogP contribution in [0.5, 0.6) is 5.75 Å². The van der Waals surface area contributed by atoms with E-state index in [-0.39, 0.29) is 24.5 Å². The number of nitrogens with one attached hydrogen (secondary N) is 1. The summed E-state index contributed by atoms with van der Waals surface area (Å²) in [6, 6.07) is 4.16. The van der Waals surface area contributed by atoms with Gasteiger partial charge in [0.25, 0.3) is 5.91 Å². The summed E-state index contributed by atoms with van der Waals surface area (Å²) >= 11 is 5.64. The molecule has 2 amide bonds. The first kappa shape index (κ1) is 20.6. The molecule has 0 spiro atoms. The molecule has 0 aliphatic carbocycles. The van der Waals surface area contributed by atoms with Crippen LogP contribution in [-0.2, 0) is 9.59 Å². The smallest absolute Gasteiger partial charge is 0.258 e. The molecule has 5 nitrogen and oxygen atoms in total. The van der Waals surface area contributed by atoms with Gasteiger partial charge in [-0.3, -0.25) is 9.59 Å². The fraction of sp³-hybridized carbons (Fsp3) is 0.600. The molecule has 1 aromatic carbocycles. The maximum Gasteiger partial charge on any atom is 0.258 e. The second kappa shape index (κ2) is 9.81. The van der Waals surface area contributed by atoms with Crippen LogP contribution in [-0.4, -0.2) is 48.3 Å². The largest absolute Gasteiger partial charge is 0.483 e. The highest BCUT2D eigenvalue weighted by Crippen LogP contribution is 2.25. The minimum atomic E-state index is -0.114. The van der Waals surface area contributed by atoms with E-state index in [1.807, 2.05) is 31.7 Å². The summed E-state index contributed by atoms with van der Waals surface area (Å²) in [7, 11) is 0. The number of amides is 2. The van der Waals surface area contributed by atoms with Gasteiger partial charge in [0.1, 0.15) is 5.75 Å². The summed E-state index contributed by atoms with van der Waals surface area (Å²) in [5.41, 5.74) is 3.25. The zero-order valence-corrected chi connectivity index (χ0v) is 16.7. The van der Waals surface area contributed by atoms with Crippen molar-refractivity contribution < 1.29 is 14.3 Å². The molecule has 0 unspecified atom stereocenters. The SMILES string of the molecule is Cc1ccc(C)c(OCC(=O)NC2CCN(C(=O)CCCCl)CC2)c1C. The third-order valence-corrected chi connectivity index (χ3v) is 5.23. The van der Waals surface area contributed by atoms with E-state index in [4.69, 9.17) is 16.3 Å². The molecule has 6 heteroatoms. The number of aryl methyl sites for hydroxylation is 2. The number of carbonyl (C=O) groups excluding carboxylic acids is 2. The molecule has 1 N–H and O–H groups in total. The molecule has 2 rings (SSSR count). The van der Waals surface area contributed by atoms with Gasteiger partial charge >= 0.3 is 0 Å². The first-order valence-corrected chi connectivity index (χ1v) is 9.78. The van der Waals surface area contributed by atoms with Gasteiger partial charge in [-0.25, -0.2) is 0 Å². The predicted octanol–water partition coefficient (Wildman–Crippen LogP) is 3.12. The number of nitrogens with zero attached hydrogens (tertiary/aromatic N) is 1. The number of carbonyl (C=O) groups is 2. The van der Waals surface area contributed by atoms with Crippen LogP contribution in [0.3, 0.4) is 0 Å². The number of hydrogen-bond donors (Lipinski definition) is 1. The number of piperidine rings is 1. The van der Waals surface area contributed by atoms with Crippen LogP contribution in [0.25, 0.3) is 0 Å². The van der Waals surface area contributed by atoms with Gasteiger partial charge in [0.05, 0.1) is 0 Å². The van der Waals surface area contributed by atoms with Gasteiger partial charge in [0.15, 0.2) is 6.61 Å². The molecule has 1 aromatic rings. The molecular formula is C20H29ClN2O3.